The Morgan fingerprint density at radius 3 is 2.67 bits per heavy atom. The van der Waals surface area contributed by atoms with Crippen molar-refractivity contribution < 1.29 is 9.50 Å². The molecule has 0 fully saturated rings. The number of nitrogen functional groups attached to an aromatic ring is 1. The number of nitrogens with one attached hydrogen (secondary N) is 1. The maximum Gasteiger partial charge on any atom is 0.123 e. The molecule has 0 aliphatic heterocycles. The molecule has 0 unspecified atom stereocenters. The predicted octanol–water partition coefficient (Wildman–Crippen LogP) is 1.03. The lowest BCUT2D eigenvalue weighted by Gasteiger charge is -2.04. The van der Waals surface area contributed by atoms with Gasteiger partial charge in [-0.25, -0.2) is 4.39 Å². The van der Waals surface area contributed by atoms with Gasteiger partial charge in [0.25, 0.3) is 0 Å². The van der Waals surface area contributed by atoms with Crippen molar-refractivity contribution in [2.24, 2.45) is 5.84 Å². The Balaban J connectivity index is 0.00000121. The van der Waals surface area contributed by atoms with E-state index < -0.39 is 0 Å². The van der Waals surface area contributed by atoms with Gasteiger partial charge in [-0.15, -0.1) is 12.4 Å². The van der Waals surface area contributed by atoms with Crippen molar-refractivity contribution in [2.75, 3.05) is 5.43 Å². The molecule has 1 aromatic carbocycles. The molecule has 3 nitrogen and oxygen atoms in total. The molecule has 68 valence electrons. The maximum atomic E-state index is 12.5. The van der Waals surface area contributed by atoms with Gasteiger partial charge in [-0.1, -0.05) is 0 Å². The van der Waals surface area contributed by atoms with Gasteiger partial charge in [0, 0.05) is 5.56 Å². The third-order valence-electron chi connectivity index (χ3n) is 1.39. The zero-order valence-electron chi connectivity index (χ0n) is 6.25. The number of hydrazine groups is 1. The van der Waals surface area contributed by atoms with Crippen molar-refractivity contribution in [3.05, 3.63) is 29.6 Å². The summed E-state index contributed by atoms with van der Waals surface area (Å²) in [4.78, 5) is 0. The topological polar surface area (TPSA) is 58.3 Å². The van der Waals surface area contributed by atoms with E-state index in [9.17, 15) is 4.39 Å². The SMILES string of the molecule is Cl.NNc1ccc(F)cc1CO. The highest BCUT2D eigenvalue weighted by molar-refractivity contribution is 5.85. The van der Waals surface area contributed by atoms with Crippen LogP contribution in [0.15, 0.2) is 18.2 Å². The number of halogens is 2. The second-order valence-corrected chi connectivity index (χ2v) is 2.10. The van der Waals surface area contributed by atoms with E-state index in [0.29, 0.717) is 11.3 Å². The minimum absolute atomic E-state index is 0. The Kier molecular flexibility index (Phi) is 4.58. The van der Waals surface area contributed by atoms with Crippen molar-refractivity contribution in [3.63, 3.8) is 0 Å². The number of benzene rings is 1. The van der Waals surface area contributed by atoms with Crippen LogP contribution < -0.4 is 11.3 Å². The molecule has 1 rings (SSSR count). The van der Waals surface area contributed by atoms with Crippen LogP contribution >= 0.6 is 12.4 Å². The third kappa shape index (κ3) is 2.34. The highest BCUT2D eigenvalue weighted by Gasteiger charge is 2.00. The fourth-order valence-electron chi connectivity index (χ4n) is 0.834. The summed E-state index contributed by atoms with van der Waals surface area (Å²) in [5, 5.41) is 8.71. The van der Waals surface area contributed by atoms with Gasteiger partial charge in [0.15, 0.2) is 0 Å². The van der Waals surface area contributed by atoms with Crippen LogP contribution in [0.4, 0.5) is 10.1 Å². The van der Waals surface area contributed by atoms with Crippen molar-refractivity contribution in [3.8, 4) is 0 Å². The van der Waals surface area contributed by atoms with E-state index in [2.05, 4.69) is 5.43 Å². The first-order valence-corrected chi connectivity index (χ1v) is 3.14. The van der Waals surface area contributed by atoms with Crippen molar-refractivity contribution in [1.82, 2.24) is 0 Å². The molecule has 0 saturated carbocycles. The summed E-state index contributed by atoms with van der Waals surface area (Å²) in [5.74, 6) is 4.71. The van der Waals surface area contributed by atoms with Crippen LogP contribution in [-0.2, 0) is 6.61 Å². The molecule has 5 heteroatoms. The molecule has 4 N–H and O–H groups in total. The van der Waals surface area contributed by atoms with Crippen LogP contribution in [0.25, 0.3) is 0 Å². The lowest BCUT2D eigenvalue weighted by Crippen LogP contribution is -2.09. The number of rotatable bonds is 2. The molecule has 12 heavy (non-hydrogen) atoms. The van der Waals surface area contributed by atoms with Gasteiger partial charge in [-0.3, -0.25) is 5.84 Å². The number of aliphatic hydroxyl groups is 1. The summed E-state index contributed by atoms with van der Waals surface area (Å²) in [6, 6.07) is 3.98. The molecule has 0 amide bonds. The Morgan fingerprint density at radius 2 is 2.17 bits per heavy atom. The van der Waals surface area contributed by atoms with Gasteiger partial charge in [-0.05, 0) is 18.2 Å². The lowest BCUT2D eigenvalue weighted by molar-refractivity contribution is 0.282. The molecule has 0 aliphatic carbocycles. The lowest BCUT2D eigenvalue weighted by atomic mass is 10.2. The average molecular weight is 193 g/mol. The minimum Gasteiger partial charge on any atom is -0.392 e. The van der Waals surface area contributed by atoms with Crippen molar-refractivity contribution >= 4 is 18.1 Å². The van der Waals surface area contributed by atoms with E-state index >= 15 is 0 Å². The number of hydrogen-bond donors (Lipinski definition) is 3. The third-order valence-corrected chi connectivity index (χ3v) is 1.39. The van der Waals surface area contributed by atoms with E-state index in [1.165, 1.54) is 18.2 Å². The Morgan fingerprint density at radius 1 is 1.50 bits per heavy atom. The summed E-state index contributed by atoms with van der Waals surface area (Å²) < 4.78 is 12.5. The molecule has 0 saturated heterocycles. The zero-order valence-corrected chi connectivity index (χ0v) is 7.07. The average Bonchev–Trinajstić information content (AvgIpc) is 2.04. The van der Waals surface area contributed by atoms with E-state index in [-0.39, 0.29) is 24.8 Å². The highest BCUT2D eigenvalue weighted by atomic mass is 35.5. The maximum absolute atomic E-state index is 12.5. The van der Waals surface area contributed by atoms with Crippen LogP contribution in [0.3, 0.4) is 0 Å². The first kappa shape index (κ1) is 11.2. The van der Waals surface area contributed by atoms with Crippen molar-refractivity contribution in [1.29, 1.82) is 0 Å². The Hall–Kier alpha value is -0.840. The first-order chi connectivity index (χ1) is 5.27. The molecular formula is C7H10ClFN2O. The van der Waals surface area contributed by atoms with E-state index in [0.717, 1.165) is 0 Å². The molecule has 0 spiro atoms. The number of aliphatic hydroxyl groups excluding tert-OH is 1. The Bertz CT molecular complexity index is 257. The van der Waals surface area contributed by atoms with Gasteiger partial charge < -0.3 is 10.5 Å². The van der Waals surface area contributed by atoms with E-state index in [1.807, 2.05) is 0 Å². The zero-order chi connectivity index (χ0) is 8.27. The Labute approximate surface area is 75.8 Å². The molecular weight excluding hydrogens is 183 g/mol. The summed E-state index contributed by atoms with van der Waals surface area (Å²) >= 11 is 0. The second kappa shape index (κ2) is 4.92. The molecule has 0 bridgehead atoms. The number of anilines is 1. The smallest absolute Gasteiger partial charge is 0.123 e. The molecule has 0 heterocycles. The number of nitrogens with two attached hydrogens (primary N) is 1. The van der Waals surface area contributed by atoms with E-state index in [4.69, 9.17) is 10.9 Å². The molecule has 0 aliphatic rings. The molecule has 0 radical (unpaired) electrons. The fraction of sp³-hybridized carbons (Fsp3) is 0.143. The summed E-state index contributed by atoms with van der Waals surface area (Å²) in [6.07, 6.45) is 0. The second-order valence-electron chi connectivity index (χ2n) is 2.10. The molecule has 0 aromatic heterocycles. The molecule has 0 atom stereocenters. The minimum atomic E-state index is -0.381. The van der Waals surface area contributed by atoms with Gasteiger partial charge in [0.05, 0.1) is 12.3 Å². The quantitative estimate of drug-likeness (QED) is 0.485. The summed E-state index contributed by atoms with van der Waals surface area (Å²) in [5.41, 5.74) is 3.33. The largest absolute Gasteiger partial charge is 0.392 e. The van der Waals surface area contributed by atoms with Crippen LogP contribution in [0.1, 0.15) is 5.56 Å². The van der Waals surface area contributed by atoms with Crippen LogP contribution in [0.2, 0.25) is 0 Å². The standard InChI is InChI=1S/C7H9FN2O.ClH/c8-6-1-2-7(10-9)5(3-6)4-11;/h1-3,10-11H,4,9H2;1H. The normalized spacial score (nSPS) is 8.92. The highest BCUT2D eigenvalue weighted by Crippen LogP contribution is 2.15. The van der Waals surface area contributed by atoms with Gasteiger partial charge in [0.1, 0.15) is 5.82 Å². The van der Waals surface area contributed by atoms with Crippen LogP contribution in [0.5, 0.6) is 0 Å². The van der Waals surface area contributed by atoms with Crippen LogP contribution in [0, 0.1) is 5.82 Å². The summed E-state index contributed by atoms with van der Waals surface area (Å²) in [6.45, 7) is -0.225. The van der Waals surface area contributed by atoms with Gasteiger partial charge in [-0.2, -0.15) is 0 Å². The summed E-state index contributed by atoms with van der Waals surface area (Å²) in [7, 11) is 0. The fourth-order valence-corrected chi connectivity index (χ4v) is 0.834. The predicted molar refractivity (Wildman–Crippen MR) is 47.4 cm³/mol. The molecule has 1 aromatic rings. The van der Waals surface area contributed by atoms with Crippen LogP contribution in [-0.4, -0.2) is 5.11 Å². The monoisotopic (exact) mass is 192 g/mol. The first-order valence-electron chi connectivity index (χ1n) is 3.14. The van der Waals surface area contributed by atoms with E-state index in [1.54, 1.807) is 0 Å². The van der Waals surface area contributed by atoms with Gasteiger partial charge >= 0.3 is 0 Å². The number of hydrogen-bond acceptors (Lipinski definition) is 3. The van der Waals surface area contributed by atoms with Gasteiger partial charge in [0.2, 0.25) is 0 Å². The van der Waals surface area contributed by atoms with Crippen molar-refractivity contribution in [2.45, 2.75) is 6.61 Å².